The third kappa shape index (κ3) is 5.04. The van der Waals surface area contributed by atoms with E-state index in [0.29, 0.717) is 17.7 Å². The Morgan fingerprint density at radius 1 is 1.00 bits per heavy atom. The summed E-state index contributed by atoms with van der Waals surface area (Å²) in [4.78, 5) is 5.66. The first-order chi connectivity index (χ1) is 12.6. The van der Waals surface area contributed by atoms with E-state index in [2.05, 4.69) is 51.4 Å². The molecule has 0 amide bonds. The number of rotatable bonds is 3. The van der Waals surface area contributed by atoms with Crippen molar-refractivity contribution in [3.8, 4) is 16.9 Å². The van der Waals surface area contributed by atoms with Gasteiger partial charge in [0.05, 0.1) is 0 Å². The molecule has 0 spiro atoms. The van der Waals surface area contributed by atoms with Crippen LogP contribution in [0, 0.1) is 0 Å². The molecule has 1 aromatic heterocycles. The van der Waals surface area contributed by atoms with Crippen LogP contribution >= 0.6 is 0 Å². The van der Waals surface area contributed by atoms with E-state index in [9.17, 15) is 18.3 Å². The molecule has 0 unspecified atom stereocenters. The van der Waals surface area contributed by atoms with Crippen LogP contribution in [0.15, 0.2) is 30.5 Å². The molecule has 0 aliphatic rings. The Morgan fingerprint density at radius 3 is 2.04 bits per heavy atom. The smallest absolute Gasteiger partial charge is 0.433 e. The van der Waals surface area contributed by atoms with Gasteiger partial charge < -0.3 is 5.11 Å². The van der Waals surface area contributed by atoms with Gasteiger partial charge in [-0.15, -0.1) is 0 Å². The summed E-state index contributed by atoms with van der Waals surface area (Å²) in [7, 11) is 1.97. The predicted octanol–water partition coefficient (Wildman–Crippen LogP) is 6.00. The molecule has 28 heavy (non-hydrogen) atoms. The van der Waals surface area contributed by atoms with E-state index < -0.39 is 11.9 Å². The zero-order valence-corrected chi connectivity index (χ0v) is 17.6. The van der Waals surface area contributed by atoms with Gasteiger partial charge in [0, 0.05) is 35.0 Å². The Morgan fingerprint density at radius 2 is 1.61 bits per heavy atom. The Balaban J connectivity index is 2.58. The molecule has 2 rings (SSSR count). The highest BCUT2D eigenvalue weighted by Gasteiger charge is 2.32. The van der Waals surface area contributed by atoms with E-state index in [1.807, 2.05) is 19.2 Å². The standard InChI is InChI=1S/C22H29F3N2O/c1-20(2,3)16-10-15(13-27(7)21(4,5)6)19(28)17(11-16)14-8-9-18(26-12-14)22(23,24)25/h8-12,28H,13H2,1-7H3. The lowest BCUT2D eigenvalue weighted by Gasteiger charge is -2.33. The maximum absolute atomic E-state index is 12.8. The molecule has 0 fully saturated rings. The van der Waals surface area contributed by atoms with Crippen molar-refractivity contribution in [2.24, 2.45) is 0 Å². The molecule has 0 saturated carbocycles. The normalized spacial score (nSPS) is 13.2. The lowest BCUT2D eigenvalue weighted by molar-refractivity contribution is -0.141. The second-order valence-electron chi connectivity index (χ2n) is 9.24. The van der Waals surface area contributed by atoms with Crippen molar-refractivity contribution in [1.82, 2.24) is 9.88 Å². The third-order valence-electron chi connectivity index (χ3n) is 4.97. The van der Waals surface area contributed by atoms with Crippen molar-refractivity contribution in [3.63, 3.8) is 0 Å². The lowest BCUT2D eigenvalue weighted by atomic mass is 9.83. The molecule has 2 aromatic rings. The van der Waals surface area contributed by atoms with Gasteiger partial charge in [-0.2, -0.15) is 13.2 Å². The van der Waals surface area contributed by atoms with Gasteiger partial charge in [-0.25, -0.2) is 0 Å². The molecule has 1 heterocycles. The molecule has 0 atom stereocenters. The summed E-state index contributed by atoms with van der Waals surface area (Å²) in [6.07, 6.45) is -3.32. The topological polar surface area (TPSA) is 36.4 Å². The maximum Gasteiger partial charge on any atom is 0.433 e. The van der Waals surface area contributed by atoms with Crippen molar-refractivity contribution in [2.45, 2.75) is 65.2 Å². The largest absolute Gasteiger partial charge is 0.507 e. The molecule has 1 N–H and O–H groups in total. The first-order valence-electron chi connectivity index (χ1n) is 9.22. The third-order valence-corrected chi connectivity index (χ3v) is 4.97. The lowest BCUT2D eigenvalue weighted by Crippen LogP contribution is -2.37. The summed E-state index contributed by atoms with van der Waals surface area (Å²) in [6.45, 7) is 12.9. The Labute approximate surface area is 165 Å². The van der Waals surface area contributed by atoms with Crippen LogP contribution < -0.4 is 0 Å². The summed E-state index contributed by atoms with van der Waals surface area (Å²) < 4.78 is 38.5. The molecule has 154 valence electrons. The van der Waals surface area contributed by atoms with Crippen LogP contribution in [-0.4, -0.2) is 27.6 Å². The second kappa shape index (κ2) is 7.39. The van der Waals surface area contributed by atoms with Gasteiger partial charge >= 0.3 is 6.18 Å². The fourth-order valence-corrected chi connectivity index (χ4v) is 2.68. The molecule has 1 aromatic carbocycles. The summed E-state index contributed by atoms with van der Waals surface area (Å²) >= 11 is 0. The minimum Gasteiger partial charge on any atom is -0.507 e. The van der Waals surface area contributed by atoms with Crippen LogP contribution in [0.2, 0.25) is 0 Å². The molecule has 0 bridgehead atoms. The van der Waals surface area contributed by atoms with E-state index >= 15 is 0 Å². The van der Waals surface area contributed by atoms with E-state index in [1.54, 1.807) is 0 Å². The van der Waals surface area contributed by atoms with Gasteiger partial charge in [-0.1, -0.05) is 32.9 Å². The van der Waals surface area contributed by atoms with Crippen LogP contribution in [0.25, 0.3) is 11.1 Å². The van der Waals surface area contributed by atoms with Crippen LogP contribution in [0.4, 0.5) is 13.2 Å². The summed E-state index contributed by atoms with van der Waals surface area (Å²) in [5, 5.41) is 10.9. The highest BCUT2D eigenvalue weighted by molar-refractivity contribution is 5.72. The molecular formula is C22H29F3N2O. The highest BCUT2D eigenvalue weighted by Crippen LogP contribution is 2.38. The average molecular weight is 394 g/mol. The van der Waals surface area contributed by atoms with Crippen molar-refractivity contribution >= 4 is 0 Å². The Hall–Kier alpha value is -2.08. The SMILES string of the molecule is CN(Cc1cc(C(C)(C)C)cc(-c2ccc(C(F)(F)F)nc2)c1O)C(C)(C)C. The van der Waals surface area contributed by atoms with Crippen LogP contribution in [0.1, 0.15) is 58.4 Å². The summed E-state index contributed by atoms with van der Waals surface area (Å²) in [5.41, 5.74) is 1.45. The molecule has 0 saturated heterocycles. The molecule has 6 heteroatoms. The van der Waals surface area contributed by atoms with E-state index in [0.717, 1.165) is 17.2 Å². The minimum absolute atomic E-state index is 0.0747. The number of phenols is 1. The molecule has 0 aliphatic heterocycles. The number of halogens is 3. The number of aromatic hydroxyl groups is 1. The predicted molar refractivity (Wildman–Crippen MR) is 106 cm³/mol. The van der Waals surface area contributed by atoms with Crippen LogP contribution in [0.5, 0.6) is 5.75 Å². The van der Waals surface area contributed by atoms with Crippen molar-refractivity contribution in [2.75, 3.05) is 7.05 Å². The monoisotopic (exact) mass is 394 g/mol. The van der Waals surface area contributed by atoms with Gasteiger partial charge in [-0.05, 0) is 50.9 Å². The quantitative estimate of drug-likeness (QED) is 0.693. The van der Waals surface area contributed by atoms with Gasteiger partial charge in [0.2, 0.25) is 0 Å². The molecule has 0 aliphatic carbocycles. The zero-order valence-electron chi connectivity index (χ0n) is 17.6. The highest BCUT2D eigenvalue weighted by atomic mass is 19.4. The number of pyridine rings is 1. The van der Waals surface area contributed by atoms with E-state index in [4.69, 9.17) is 0 Å². The van der Waals surface area contributed by atoms with E-state index in [-0.39, 0.29) is 16.7 Å². The number of hydrogen-bond acceptors (Lipinski definition) is 3. The van der Waals surface area contributed by atoms with Crippen LogP contribution in [0.3, 0.4) is 0 Å². The zero-order chi connectivity index (χ0) is 21.5. The second-order valence-corrected chi connectivity index (χ2v) is 9.24. The van der Waals surface area contributed by atoms with E-state index in [1.165, 1.54) is 12.3 Å². The van der Waals surface area contributed by atoms with Gasteiger partial charge in [0.1, 0.15) is 11.4 Å². The molecular weight excluding hydrogens is 365 g/mol. The van der Waals surface area contributed by atoms with Crippen molar-refractivity contribution in [1.29, 1.82) is 0 Å². The van der Waals surface area contributed by atoms with Gasteiger partial charge in [0.25, 0.3) is 0 Å². The minimum atomic E-state index is -4.49. The Kier molecular flexibility index (Phi) is 5.86. The number of aromatic nitrogens is 1. The van der Waals surface area contributed by atoms with Crippen molar-refractivity contribution in [3.05, 3.63) is 47.3 Å². The summed E-state index contributed by atoms with van der Waals surface area (Å²) in [5.74, 6) is 0.0747. The fraction of sp³-hybridized carbons (Fsp3) is 0.500. The van der Waals surface area contributed by atoms with Gasteiger partial charge in [0.15, 0.2) is 0 Å². The first-order valence-corrected chi connectivity index (χ1v) is 9.22. The van der Waals surface area contributed by atoms with Crippen LogP contribution in [-0.2, 0) is 18.1 Å². The average Bonchev–Trinajstić information content (AvgIpc) is 2.54. The fourth-order valence-electron chi connectivity index (χ4n) is 2.68. The number of nitrogens with zero attached hydrogens (tertiary/aromatic N) is 2. The number of alkyl halides is 3. The number of benzene rings is 1. The van der Waals surface area contributed by atoms with Gasteiger partial charge in [-0.3, -0.25) is 9.88 Å². The number of phenolic OH excluding ortho intramolecular Hbond substituents is 1. The summed E-state index contributed by atoms with van der Waals surface area (Å²) in [6, 6.07) is 6.10. The molecule has 3 nitrogen and oxygen atoms in total. The Bertz CT molecular complexity index is 829. The maximum atomic E-state index is 12.8. The number of hydrogen-bond donors (Lipinski definition) is 1. The van der Waals surface area contributed by atoms with Crippen molar-refractivity contribution < 1.29 is 18.3 Å². The first kappa shape index (κ1) is 22.2. The molecule has 0 radical (unpaired) electrons.